The first-order valence-electron chi connectivity index (χ1n) is 10.5. The van der Waals surface area contributed by atoms with Gasteiger partial charge in [0.15, 0.2) is 0 Å². The van der Waals surface area contributed by atoms with Gasteiger partial charge in [-0.05, 0) is 31.8 Å². The lowest BCUT2D eigenvalue weighted by Gasteiger charge is -2.26. The molecule has 0 aliphatic carbocycles. The molecule has 1 amide bonds. The minimum Gasteiger partial charge on any atom is -0.490 e. The summed E-state index contributed by atoms with van der Waals surface area (Å²) in [4.78, 5) is 16.4. The third-order valence-corrected chi connectivity index (χ3v) is 5.22. The van der Waals surface area contributed by atoms with E-state index in [1.54, 1.807) is 6.07 Å². The lowest BCUT2D eigenvalue weighted by Crippen LogP contribution is -2.39. The van der Waals surface area contributed by atoms with Crippen molar-refractivity contribution in [3.63, 3.8) is 0 Å². The minimum absolute atomic E-state index is 0.0468. The molecular weight excluding hydrogens is 421 g/mol. The van der Waals surface area contributed by atoms with Crippen LogP contribution in [0.25, 0.3) is 0 Å². The highest BCUT2D eigenvalue weighted by Gasteiger charge is 2.33. The van der Waals surface area contributed by atoms with E-state index in [4.69, 9.17) is 4.74 Å². The van der Waals surface area contributed by atoms with Crippen LogP contribution in [0.3, 0.4) is 0 Å². The molecule has 0 radical (unpaired) electrons. The minimum atomic E-state index is -4.47. The fraction of sp³-hybridized carbons (Fsp3) is 0.435. The van der Waals surface area contributed by atoms with Crippen molar-refractivity contribution in [3.05, 3.63) is 59.2 Å². The third kappa shape index (κ3) is 6.37. The normalized spacial score (nSPS) is 13.8. The van der Waals surface area contributed by atoms with Gasteiger partial charge in [0.1, 0.15) is 12.4 Å². The molecule has 2 aromatic carbocycles. The molecule has 32 heavy (non-hydrogen) atoms. The summed E-state index contributed by atoms with van der Waals surface area (Å²) in [6.07, 6.45) is -4.47. The smallest absolute Gasteiger partial charge is 0.416 e. The number of hydrogen-bond acceptors (Lipinski definition) is 5. The lowest BCUT2D eigenvalue weighted by molar-refractivity contribution is -0.139. The first-order valence-corrected chi connectivity index (χ1v) is 10.5. The zero-order valence-corrected chi connectivity index (χ0v) is 18.3. The Bertz CT molecular complexity index is 918. The average Bonchev–Trinajstić information content (AvgIpc) is 3.00. The van der Waals surface area contributed by atoms with Crippen molar-refractivity contribution in [1.82, 2.24) is 15.1 Å². The van der Waals surface area contributed by atoms with Gasteiger partial charge in [0.25, 0.3) is 0 Å². The van der Waals surface area contributed by atoms with Crippen molar-refractivity contribution in [1.29, 1.82) is 0 Å². The SMILES string of the molecule is CN(C)CCN(Cc1ccccc1C(F)(F)F)C(=O)CNc1cccc2c1OCCNC2. The Kier molecular flexibility index (Phi) is 7.98. The summed E-state index contributed by atoms with van der Waals surface area (Å²) < 4.78 is 46.1. The molecule has 0 spiro atoms. The van der Waals surface area contributed by atoms with Gasteiger partial charge in [-0.2, -0.15) is 13.2 Å². The van der Waals surface area contributed by atoms with Crippen molar-refractivity contribution >= 4 is 11.6 Å². The van der Waals surface area contributed by atoms with Crippen LogP contribution in [-0.2, 0) is 24.1 Å². The topological polar surface area (TPSA) is 56.8 Å². The number of alkyl halides is 3. The van der Waals surface area contributed by atoms with Gasteiger partial charge in [0.2, 0.25) is 5.91 Å². The van der Waals surface area contributed by atoms with E-state index in [-0.39, 0.29) is 24.6 Å². The summed E-state index contributed by atoms with van der Waals surface area (Å²) in [6.45, 7) is 2.60. The molecule has 2 N–H and O–H groups in total. The molecule has 174 valence electrons. The fourth-order valence-electron chi connectivity index (χ4n) is 3.52. The van der Waals surface area contributed by atoms with Crippen molar-refractivity contribution in [2.24, 2.45) is 0 Å². The average molecular weight is 451 g/mol. The van der Waals surface area contributed by atoms with Gasteiger partial charge >= 0.3 is 6.18 Å². The van der Waals surface area contributed by atoms with Crippen LogP contribution in [0.5, 0.6) is 5.75 Å². The quantitative estimate of drug-likeness (QED) is 0.647. The standard InChI is InChI=1S/C23H29F3N4O2/c1-29(2)11-12-30(16-18-6-3-4-8-19(18)23(24,25)26)21(31)15-28-20-9-5-7-17-14-27-10-13-32-22(17)20/h3-9,27-28H,10-16H2,1-2H3. The Balaban J connectivity index is 1.75. The molecule has 2 aromatic rings. The molecule has 3 rings (SSSR count). The Labute approximate surface area is 186 Å². The second-order valence-electron chi connectivity index (χ2n) is 7.95. The highest BCUT2D eigenvalue weighted by molar-refractivity contribution is 5.81. The molecule has 1 aliphatic rings. The Morgan fingerprint density at radius 1 is 1.12 bits per heavy atom. The van der Waals surface area contributed by atoms with Crippen molar-refractivity contribution in [2.45, 2.75) is 19.3 Å². The van der Waals surface area contributed by atoms with E-state index >= 15 is 0 Å². The number of ether oxygens (including phenoxy) is 1. The van der Waals surface area contributed by atoms with Gasteiger partial charge in [-0.25, -0.2) is 0 Å². The molecule has 0 bridgehead atoms. The maximum atomic E-state index is 13.4. The molecule has 1 aliphatic heterocycles. The van der Waals surface area contributed by atoms with E-state index in [0.29, 0.717) is 37.7 Å². The van der Waals surface area contributed by atoms with E-state index < -0.39 is 11.7 Å². The molecule has 0 fully saturated rings. The number of nitrogens with zero attached hydrogens (tertiary/aromatic N) is 2. The molecule has 0 saturated carbocycles. The number of carbonyl (C=O) groups is 1. The number of halogens is 3. The van der Waals surface area contributed by atoms with Gasteiger partial charge in [0.05, 0.1) is 17.8 Å². The summed E-state index contributed by atoms with van der Waals surface area (Å²) in [7, 11) is 3.71. The summed E-state index contributed by atoms with van der Waals surface area (Å²) in [5.74, 6) is 0.417. The summed E-state index contributed by atoms with van der Waals surface area (Å²) in [5.41, 5.74) is 1.05. The van der Waals surface area contributed by atoms with Crippen molar-refractivity contribution < 1.29 is 22.7 Å². The molecule has 6 nitrogen and oxygen atoms in total. The molecule has 0 aromatic heterocycles. The van der Waals surface area contributed by atoms with Gasteiger partial charge in [-0.3, -0.25) is 4.79 Å². The molecule has 0 saturated heterocycles. The summed E-state index contributed by atoms with van der Waals surface area (Å²) in [5, 5.41) is 6.38. The number of para-hydroxylation sites is 1. The second kappa shape index (κ2) is 10.7. The maximum absolute atomic E-state index is 13.4. The van der Waals surface area contributed by atoms with Gasteiger partial charge in [-0.15, -0.1) is 0 Å². The van der Waals surface area contributed by atoms with Crippen LogP contribution in [0.2, 0.25) is 0 Å². The monoisotopic (exact) mass is 450 g/mol. The van der Waals surface area contributed by atoms with Crippen LogP contribution >= 0.6 is 0 Å². The van der Waals surface area contributed by atoms with E-state index in [0.717, 1.165) is 18.2 Å². The van der Waals surface area contributed by atoms with E-state index in [2.05, 4.69) is 10.6 Å². The van der Waals surface area contributed by atoms with Crippen LogP contribution in [0, 0.1) is 0 Å². The van der Waals surface area contributed by atoms with Crippen molar-refractivity contribution in [3.8, 4) is 5.75 Å². The lowest BCUT2D eigenvalue weighted by atomic mass is 10.1. The molecular formula is C23H29F3N4O2. The molecule has 1 heterocycles. The third-order valence-electron chi connectivity index (χ3n) is 5.22. The van der Waals surface area contributed by atoms with Crippen LogP contribution in [0.4, 0.5) is 18.9 Å². The molecule has 0 atom stereocenters. The predicted octanol–water partition coefficient (Wildman–Crippen LogP) is 3.19. The number of rotatable bonds is 8. The van der Waals surface area contributed by atoms with Crippen LogP contribution in [0.1, 0.15) is 16.7 Å². The van der Waals surface area contributed by atoms with Crippen LogP contribution in [-0.4, -0.2) is 62.6 Å². The van der Waals surface area contributed by atoms with E-state index in [1.807, 2.05) is 37.2 Å². The predicted molar refractivity (Wildman–Crippen MR) is 118 cm³/mol. The number of anilines is 1. The van der Waals surface area contributed by atoms with E-state index in [9.17, 15) is 18.0 Å². The van der Waals surface area contributed by atoms with Gasteiger partial charge in [0, 0.05) is 38.3 Å². The number of carbonyl (C=O) groups excluding carboxylic acids is 1. The number of hydrogen-bond donors (Lipinski definition) is 2. The summed E-state index contributed by atoms with van der Waals surface area (Å²) >= 11 is 0. The zero-order valence-electron chi connectivity index (χ0n) is 18.3. The largest absolute Gasteiger partial charge is 0.490 e. The molecule has 9 heteroatoms. The summed E-state index contributed by atoms with van der Waals surface area (Å²) in [6, 6.07) is 11.1. The first kappa shape index (κ1) is 23.9. The fourth-order valence-corrected chi connectivity index (χ4v) is 3.52. The number of amides is 1. The van der Waals surface area contributed by atoms with E-state index in [1.165, 1.54) is 17.0 Å². The number of nitrogens with one attached hydrogen (secondary N) is 2. The number of fused-ring (bicyclic) bond motifs is 1. The zero-order chi connectivity index (χ0) is 23.1. The Hall–Kier alpha value is -2.78. The highest BCUT2D eigenvalue weighted by atomic mass is 19.4. The molecule has 0 unspecified atom stereocenters. The van der Waals surface area contributed by atoms with Crippen LogP contribution < -0.4 is 15.4 Å². The van der Waals surface area contributed by atoms with Crippen LogP contribution in [0.15, 0.2) is 42.5 Å². The first-order chi connectivity index (χ1) is 15.3. The van der Waals surface area contributed by atoms with Gasteiger partial charge < -0.3 is 25.2 Å². The van der Waals surface area contributed by atoms with Gasteiger partial charge in [-0.1, -0.05) is 30.3 Å². The maximum Gasteiger partial charge on any atom is 0.416 e. The second-order valence-corrected chi connectivity index (χ2v) is 7.95. The number of likely N-dealkylation sites (N-methyl/N-ethyl adjacent to an activating group) is 1. The Morgan fingerprint density at radius 3 is 2.66 bits per heavy atom. The number of benzene rings is 2. The Morgan fingerprint density at radius 2 is 1.91 bits per heavy atom. The van der Waals surface area contributed by atoms with Crippen molar-refractivity contribution in [2.75, 3.05) is 52.2 Å². The highest BCUT2D eigenvalue weighted by Crippen LogP contribution is 2.33.